The van der Waals surface area contributed by atoms with Gasteiger partial charge in [-0.2, -0.15) is 0 Å². The normalized spacial score (nSPS) is 12.1. The van der Waals surface area contributed by atoms with Gasteiger partial charge >= 0.3 is 5.97 Å². The van der Waals surface area contributed by atoms with Crippen LogP contribution in [0.15, 0.2) is 36.5 Å². The first-order valence-corrected chi connectivity index (χ1v) is 5.62. The minimum absolute atomic E-state index is 0.204. The molecule has 0 aliphatic carbocycles. The van der Waals surface area contributed by atoms with Gasteiger partial charge in [0.2, 0.25) is 0 Å². The summed E-state index contributed by atoms with van der Waals surface area (Å²) in [6, 6.07) is 9.01. The number of aliphatic carboxylic acids is 1. The molecule has 0 saturated heterocycles. The summed E-state index contributed by atoms with van der Waals surface area (Å²) in [5, 5.41) is 21.5. The van der Waals surface area contributed by atoms with Crippen LogP contribution in [0.5, 0.6) is 0 Å². The molecule has 1 amide bonds. The summed E-state index contributed by atoms with van der Waals surface area (Å²) in [7, 11) is 0. The van der Waals surface area contributed by atoms with E-state index in [0.29, 0.717) is 5.39 Å². The first-order chi connectivity index (χ1) is 9.09. The number of carbonyl (C=O) groups is 2. The van der Waals surface area contributed by atoms with Crippen molar-refractivity contribution in [3.63, 3.8) is 0 Å². The van der Waals surface area contributed by atoms with Crippen molar-refractivity contribution in [1.82, 2.24) is 10.3 Å². The zero-order valence-corrected chi connectivity index (χ0v) is 9.91. The number of nitrogens with one attached hydrogen (secondary N) is 1. The minimum Gasteiger partial charge on any atom is -0.479 e. The number of fused-ring (bicyclic) bond motifs is 1. The smallest absolute Gasteiger partial charge is 0.334 e. The molecule has 0 unspecified atom stereocenters. The lowest BCUT2D eigenvalue weighted by Gasteiger charge is -2.08. The highest BCUT2D eigenvalue weighted by Crippen LogP contribution is 2.15. The van der Waals surface area contributed by atoms with Crippen molar-refractivity contribution < 1.29 is 19.8 Å². The van der Waals surface area contributed by atoms with Crippen LogP contribution >= 0.6 is 0 Å². The van der Waals surface area contributed by atoms with Crippen LogP contribution in [0.2, 0.25) is 0 Å². The SMILES string of the molecule is O=C(NC[C@H](O)C(=O)O)c1nccc2ccccc12. The molecule has 0 fully saturated rings. The van der Waals surface area contributed by atoms with Crippen LogP contribution < -0.4 is 5.32 Å². The molecular weight excluding hydrogens is 248 g/mol. The molecule has 0 radical (unpaired) electrons. The number of benzene rings is 1. The van der Waals surface area contributed by atoms with Crippen LogP contribution in [0.25, 0.3) is 10.8 Å². The monoisotopic (exact) mass is 260 g/mol. The van der Waals surface area contributed by atoms with Crippen LogP contribution in [0, 0.1) is 0 Å². The number of aromatic nitrogens is 1. The third kappa shape index (κ3) is 2.86. The molecule has 1 heterocycles. The zero-order chi connectivity index (χ0) is 13.8. The van der Waals surface area contributed by atoms with Gasteiger partial charge in [-0.1, -0.05) is 24.3 Å². The molecule has 19 heavy (non-hydrogen) atoms. The van der Waals surface area contributed by atoms with Gasteiger partial charge in [-0.05, 0) is 11.5 Å². The van der Waals surface area contributed by atoms with Gasteiger partial charge in [0.25, 0.3) is 5.91 Å². The van der Waals surface area contributed by atoms with E-state index in [1.807, 2.05) is 12.1 Å². The van der Waals surface area contributed by atoms with Crippen molar-refractivity contribution in [2.24, 2.45) is 0 Å². The Morgan fingerprint density at radius 2 is 2.00 bits per heavy atom. The zero-order valence-electron chi connectivity index (χ0n) is 9.91. The molecule has 2 aromatic rings. The van der Waals surface area contributed by atoms with Crippen LogP contribution in [-0.2, 0) is 4.79 Å². The van der Waals surface area contributed by atoms with E-state index in [1.54, 1.807) is 18.2 Å². The van der Waals surface area contributed by atoms with Crippen molar-refractivity contribution >= 4 is 22.6 Å². The quantitative estimate of drug-likeness (QED) is 0.739. The van der Waals surface area contributed by atoms with Gasteiger partial charge in [0.05, 0.1) is 6.54 Å². The van der Waals surface area contributed by atoms with Crippen LogP contribution in [-0.4, -0.2) is 39.7 Å². The lowest BCUT2D eigenvalue weighted by atomic mass is 10.1. The number of pyridine rings is 1. The molecule has 1 atom stereocenters. The van der Waals surface area contributed by atoms with Crippen molar-refractivity contribution in [3.8, 4) is 0 Å². The van der Waals surface area contributed by atoms with E-state index >= 15 is 0 Å². The Kier molecular flexibility index (Phi) is 3.72. The molecule has 0 spiro atoms. The average molecular weight is 260 g/mol. The summed E-state index contributed by atoms with van der Waals surface area (Å²) in [5.41, 5.74) is 0.204. The van der Waals surface area contributed by atoms with E-state index in [1.165, 1.54) is 6.20 Å². The highest BCUT2D eigenvalue weighted by Gasteiger charge is 2.16. The van der Waals surface area contributed by atoms with Crippen LogP contribution in [0.4, 0.5) is 0 Å². The van der Waals surface area contributed by atoms with Crippen molar-refractivity contribution in [2.45, 2.75) is 6.10 Å². The fourth-order valence-corrected chi connectivity index (χ4v) is 1.66. The summed E-state index contributed by atoms with van der Waals surface area (Å²) < 4.78 is 0. The highest BCUT2D eigenvalue weighted by atomic mass is 16.4. The van der Waals surface area contributed by atoms with Crippen molar-refractivity contribution in [2.75, 3.05) is 6.54 Å². The van der Waals surface area contributed by atoms with E-state index < -0.39 is 18.0 Å². The number of carbonyl (C=O) groups excluding carboxylic acids is 1. The average Bonchev–Trinajstić information content (AvgIpc) is 2.43. The summed E-state index contributed by atoms with van der Waals surface area (Å²) in [6.45, 7) is -0.362. The molecule has 6 heteroatoms. The fourth-order valence-electron chi connectivity index (χ4n) is 1.66. The standard InChI is InChI=1S/C13H12N2O4/c16-10(13(18)19)7-15-12(17)11-9-4-2-1-3-8(9)5-6-14-11/h1-6,10,16H,7H2,(H,15,17)(H,18,19)/t10-/m0/s1. The molecule has 0 saturated carbocycles. The van der Waals surface area contributed by atoms with Crippen molar-refractivity contribution in [1.29, 1.82) is 0 Å². The Labute approximate surface area is 108 Å². The highest BCUT2D eigenvalue weighted by molar-refractivity contribution is 6.05. The number of carboxylic acids is 1. The minimum atomic E-state index is -1.63. The number of aliphatic hydroxyl groups excluding tert-OH is 1. The Hall–Kier alpha value is -2.47. The number of aliphatic hydroxyl groups is 1. The number of rotatable bonds is 4. The Balaban J connectivity index is 2.20. The molecule has 2 rings (SSSR count). The van der Waals surface area contributed by atoms with Gasteiger partial charge in [-0.3, -0.25) is 9.78 Å². The maximum absolute atomic E-state index is 11.9. The molecule has 6 nitrogen and oxygen atoms in total. The van der Waals surface area contributed by atoms with Crippen LogP contribution in [0.3, 0.4) is 0 Å². The van der Waals surface area contributed by atoms with E-state index in [9.17, 15) is 9.59 Å². The molecule has 1 aromatic carbocycles. The van der Waals surface area contributed by atoms with Gasteiger partial charge in [-0.15, -0.1) is 0 Å². The fraction of sp³-hybridized carbons (Fsp3) is 0.154. The Bertz CT molecular complexity index is 622. The number of amides is 1. The second-order valence-corrected chi connectivity index (χ2v) is 3.94. The summed E-state index contributed by atoms with van der Waals surface area (Å²) in [4.78, 5) is 26.3. The second kappa shape index (κ2) is 5.45. The molecule has 1 aromatic heterocycles. The van der Waals surface area contributed by atoms with Gasteiger partial charge < -0.3 is 15.5 Å². The number of hydrogen-bond donors (Lipinski definition) is 3. The topological polar surface area (TPSA) is 99.5 Å². The number of carboxylic acid groups (broad SMARTS) is 1. The van der Waals surface area contributed by atoms with E-state index in [2.05, 4.69) is 10.3 Å². The number of hydrogen-bond acceptors (Lipinski definition) is 4. The molecule has 0 bridgehead atoms. The maximum atomic E-state index is 11.9. The van der Waals surface area contributed by atoms with Gasteiger partial charge in [0.1, 0.15) is 5.69 Å². The molecule has 3 N–H and O–H groups in total. The second-order valence-electron chi connectivity index (χ2n) is 3.94. The summed E-state index contributed by atoms with van der Waals surface area (Å²) in [6.07, 6.45) is -0.121. The first kappa shape index (κ1) is 13.0. The van der Waals surface area contributed by atoms with E-state index in [0.717, 1.165) is 5.39 Å². The van der Waals surface area contributed by atoms with Crippen LogP contribution in [0.1, 0.15) is 10.5 Å². The maximum Gasteiger partial charge on any atom is 0.334 e. The predicted octanol–water partition coefficient (Wildman–Crippen LogP) is 0.410. The van der Waals surface area contributed by atoms with E-state index in [4.69, 9.17) is 10.2 Å². The lowest BCUT2D eigenvalue weighted by molar-refractivity contribution is -0.146. The summed E-state index contributed by atoms with van der Waals surface area (Å²) >= 11 is 0. The van der Waals surface area contributed by atoms with Gasteiger partial charge in [0.15, 0.2) is 6.10 Å². The lowest BCUT2D eigenvalue weighted by Crippen LogP contribution is -2.36. The largest absolute Gasteiger partial charge is 0.479 e. The third-order valence-electron chi connectivity index (χ3n) is 2.63. The van der Waals surface area contributed by atoms with E-state index in [-0.39, 0.29) is 12.2 Å². The molecule has 98 valence electrons. The summed E-state index contributed by atoms with van der Waals surface area (Å²) in [5.74, 6) is -1.90. The van der Waals surface area contributed by atoms with Gasteiger partial charge in [-0.25, -0.2) is 4.79 Å². The third-order valence-corrected chi connectivity index (χ3v) is 2.63. The Morgan fingerprint density at radius 3 is 2.74 bits per heavy atom. The Morgan fingerprint density at radius 1 is 1.26 bits per heavy atom. The van der Waals surface area contributed by atoms with Crippen molar-refractivity contribution in [3.05, 3.63) is 42.2 Å². The van der Waals surface area contributed by atoms with Gasteiger partial charge in [0, 0.05) is 11.6 Å². The number of nitrogens with zero attached hydrogens (tertiary/aromatic N) is 1. The predicted molar refractivity (Wildman–Crippen MR) is 67.7 cm³/mol. The molecule has 0 aliphatic heterocycles. The first-order valence-electron chi connectivity index (χ1n) is 5.62. The molecular formula is C13H12N2O4. The molecule has 0 aliphatic rings.